The molecule has 1 saturated carbocycles. The third kappa shape index (κ3) is 8.59. The summed E-state index contributed by atoms with van der Waals surface area (Å²) >= 11 is 0. The molecule has 5 nitrogen and oxygen atoms in total. The predicted molar refractivity (Wildman–Crippen MR) is 94.5 cm³/mol. The minimum absolute atomic E-state index is 0.491. The monoisotopic (exact) mass is 312 g/mol. The summed E-state index contributed by atoms with van der Waals surface area (Å²) < 4.78 is 5.62. The Hall–Kier alpha value is -0.810. The van der Waals surface area contributed by atoms with Crippen LogP contribution in [0.4, 0.5) is 0 Å². The SMILES string of the molecule is CCNC(=NCC(C)N(C)C1CC1)NCCOCCC(C)C. The van der Waals surface area contributed by atoms with E-state index < -0.39 is 0 Å². The van der Waals surface area contributed by atoms with Gasteiger partial charge >= 0.3 is 0 Å². The summed E-state index contributed by atoms with van der Waals surface area (Å²) in [6.07, 6.45) is 3.81. The van der Waals surface area contributed by atoms with Gasteiger partial charge in [0.2, 0.25) is 0 Å². The van der Waals surface area contributed by atoms with Crippen molar-refractivity contribution in [3.05, 3.63) is 0 Å². The molecule has 0 aromatic heterocycles. The number of hydrogen-bond acceptors (Lipinski definition) is 3. The fourth-order valence-electron chi connectivity index (χ4n) is 2.20. The molecule has 0 aromatic rings. The van der Waals surface area contributed by atoms with Crippen LogP contribution in [-0.4, -0.2) is 62.8 Å². The van der Waals surface area contributed by atoms with Gasteiger partial charge in [-0.25, -0.2) is 0 Å². The second-order valence-electron chi connectivity index (χ2n) is 6.69. The molecule has 130 valence electrons. The van der Waals surface area contributed by atoms with Crippen molar-refractivity contribution in [2.75, 3.05) is 39.9 Å². The zero-order valence-corrected chi connectivity index (χ0v) is 15.2. The van der Waals surface area contributed by atoms with Gasteiger partial charge in [-0.2, -0.15) is 0 Å². The van der Waals surface area contributed by atoms with E-state index in [0.29, 0.717) is 12.0 Å². The minimum Gasteiger partial charge on any atom is -0.380 e. The fraction of sp³-hybridized carbons (Fsp3) is 0.941. The maximum atomic E-state index is 5.62. The molecule has 22 heavy (non-hydrogen) atoms. The zero-order valence-electron chi connectivity index (χ0n) is 15.2. The lowest BCUT2D eigenvalue weighted by Crippen LogP contribution is -2.40. The lowest BCUT2D eigenvalue weighted by Gasteiger charge is -2.23. The molecule has 0 radical (unpaired) electrons. The van der Waals surface area contributed by atoms with E-state index in [1.807, 2.05) is 0 Å². The molecule has 5 heteroatoms. The number of hydrogen-bond donors (Lipinski definition) is 2. The molecule has 1 rings (SSSR count). The van der Waals surface area contributed by atoms with Crippen LogP contribution >= 0.6 is 0 Å². The van der Waals surface area contributed by atoms with Gasteiger partial charge in [-0.15, -0.1) is 0 Å². The van der Waals surface area contributed by atoms with Gasteiger partial charge in [0, 0.05) is 31.8 Å². The van der Waals surface area contributed by atoms with Gasteiger partial charge < -0.3 is 15.4 Å². The molecule has 0 heterocycles. The molecule has 1 aliphatic carbocycles. The van der Waals surface area contributed by atoms with E-state index in [0.717, 1.165) is 51.3 Å². The first-order valence-corrected chi connectivity index (χ1v) is 8.86. The molecule has 0 aliphatic heterocycles. The number of nitrogens with zero attached hydrogens (tertiary/aromatic N) is 2. The second kappa shape index (κ2) is 10.8. The number of guanidine groups is 1. The minimum atomic E-state index is 0.491. The Morgan fingerprint density at radius 1 is 1.23 bits per heavy atom. The fourth-order valence-corrected chi connectivity index (χ4v) is 2.20. The second-order valence-corrected chi connectivity index (χ2v) is 6.69. The molecule has 1 atom stereocenters. The molecule has 0 bridgehead atoms. The van der Waals surface area contributed by atoms with E-state index >= 15 is 0 Å². The predicted octanol–water partition coefficient (Wildman–Crippen LogP) is 2.09. The van der Waals surface area contributed by atoms with Crippen molar-refractivity contribution in [3.8, 4) is 0 Å². The highest BCUT2D eigenvalue weighted by molar-refractivity contribution is 5.79. The zero-order chi connectivity index (χ0) is 16.4. The Morgan fingerprint density at radius 2 is 1.95 bits per heavy atom. The number of likely N-dealkylation sites (N-methyl/N-ethyl adjacent to an activating group) is 1. The lowest BCUT2D eigenvalue weighted by molar-refractivity contribution is 0.128. The molecule has 0 aromatic carbocycles. The first-order valence-electron chi connectivity index (χ1n) is 8.86. The van der Waals surface area contributed by atoms with Crippen LogP contribution in [0.25, 0.3) is 0 Å². The molecular weight excluding hydrogens is 276 g/mol. The average molecular weight is 313 g/mol. The van der Waals surface area contributed by atoms with Gasteiger partial charge in [0.25, 0.3) is 0 Å². The molecule has 2 N–H and O–H groups in total. The Balaban J connectivity index is 2.20. The van der Waals surface area contributed by atoms with Crippen LogP contribution in [0.2, 0.25) is 0 Å². The van der Waals surface area contributed by atoms with Gasteiger partial charge in [-0.1, -0.05) is 13.8 Å². The third-order valence-corrected chi connectivity index (χ3v) is 4.05. The Kier molecular flexibility index (Phi) is 9.48. The highest BCUT2D eigenvalue weighted by Crippen LogP contribution is 2.26. The van der Waals surface area contributed by atoms with Crippen LogP contribution in [0, 0.1) is 5.92 Å². The summed E-state index contributed by atoms with van der Waals surface area (Å²) in [5.41, 5.74) is 0. The summed E-state index contributed by atoms with van der Waals surface area (Å²) in [7, 11) is 2.21. The number of ether oxygens (including phenoxy) is 1. The van der Waals surface area contributed by atoms with Crippen molar-refractivity contribution >= 4 is 5.96 Å². The molecule has 1 fully saturated rings. The molecule has 0 saturated heterocycles. The van der Waals surface area contributed by atoms with Gasteiger partial charge in [0.15, 0.2) is 5.96 Å². The summed E-state index contributed by atoms with van der Waals surface area (Å²) in [6.45, 7) is 12.9. The van der Waals surface area contributed by atoms with Gasteiger partial charge in [-0.3, -0.25) is 9.89 Å². The summed E-state index contributed by atoms with van der Waals surface area (Å²) in [6, 6.07) is 1.28. The first kappa shape index (κ1) is 19.2. The van der Waals surface area contributed by atoms with Crippen molar-refractivity contribution in [3.63, 3.8) is 0 Å². The van der Waals surface area contributed by atoms with E-state index in [4.69, 9.17) is 4.74 Å². The quantitative estimate of drug-likeness (QED) is 0.348. The Morgan fingerprint density at radius 3 is 2.55 bits per heavy atom. The third-order valence-electron chi connectivity index (χ3n) is 4.05. The van der Waals surface area contributed by atoms with E-state index in [1.54, 1.807) is 0 Å². The van der Waals surface area contributed by atoms with Gasteiger partial charge in [-0.05, 0) is 46.1 Å². The van der Waals surface area contributed by atoms with Crippen molar-refractivity contribution < 1.29 is 4.74 Å². The normalized spacial score (nSPS) is 17.1. The maximum Gasteiger partial charge on any atom is 0.191 e. The molecule has 1 unspecified atom stereocenters. The standard InChI is InChI=1S/C17H36N4O/c1-6-18-17(19-10-12-22-11-9-14(2)3)20-13-15(4)21(5)16-7-8-16/h14-16H,6-13H2,1-5H3,(H2,18,19,20). The Labute approximate surface area is 136 Å². The molecule has 0 amide bonds. The van der Waals surface area contributed by atoms with Crippen molar-refractivity contribution in [2.24, 2.45) is 10.9 Å². The highest BCUT2D eigenvalue weighted by Gasteiger charge is 2.28. The lowest BCUT2D eigenvalue weighted by atomic mass is 10.1. The van der Waals surface area contributed by atoms with Crippen molar-refractivity contribution in [2.45, 2.75) is 59.0 Å². The van der Waals surface area contributed by atoms with Gasteiger partial charge in [0.05, 0.1) is 13.2 Å². The summed E-state index contributed by atoms with van der Waals surface area (Å²) in [5.74, 6) is 1.60. The molecule has 0 spiro atoms. The van der Waals surface area contributed by atoms with E-state index in [1.165, 1.54) is 12.8 Å². The van der Waals surface area contributed by atoms with Crippen LogP contribution < -0.4 is 10.6 Å². The van der Waals surface area contributed by atoms with Crippen molar-refractivity contribution in [1.82, 2.24) is 15.5 Å². The van der Waals surface area contributed by atoms with Crippen LogP contribution in [0.1, 0.15) is 47.0 Å². The van der Waals surface area contributed by atoms with E-state index in [9.17, 15) is 0 Å². The van der Waals surface area contributed by atoms with Gasteiger partial charge in [0.1, 0.15) is 0 Å². The van der Waals surface area contributed by atoms with Crippen LogP contribution in [0.3, 0.4) is 0 Å². The van der Waals surface area contributed by atoms with Crippen molar-refractivity contribution in [1.29, 1.82) is 0 Å². The molecule has 1 aliphatic rings. The van der Waals surface area contributed by atoms with E-state index in [2.05, 4.69) is 55.3 Å². The maximum absolute atomic E-state index is 5.62. The molecular formula is C17H36N4O. The van der Waals surface area contributed by atoms with Crippen LogP contribution in [0.15, 0.2) is 4.99 Å². The number of aliphatic imine (C=N–C) groups is 1. The smallest absolute Gasteiger partial charge is 0.191 e. The number of nitrogens with one attached hydrogen (secondary N) is 2. The largest absolute Gasteiger partial charge is 0.380 e. The first-order chi connectivity index (χ1) is 10.5. The van der Waals surface area contributed by atoms with Crippen LogP contribution in [0.5, 0.6) is 0 Å². The summed E-state index contributed by atoms with van der Waals surface area (Å²) in [4.78, 5) is 7.13. The topological polar surface area (TPSA) is 48.9 Å². The number of rotatable bonds is 11. The highest BCUT2D eigenvalue weighted by atomic mass is 16.5. The van der Waals surface area contributed by atoms with E-state index in [-0.39, 0.29) is 0 Å². The Bertz CT molecular complexity index is 316. The average Bonchev–Trinajstić information content (AvgIpc) is 3.31. The van der Waals surface area contributed by atoms with Crippen LogP contribution in [-0.2, 0) is 4.74 Å². The summed E-state index contributed by atoms with van der Waals surface area (Å²) in [5, 5.41) is 6.64.